The number of allylic oxidation sites excluding steroid dienone is 1. The lowest BCUT2D eigenvalue weighted by Crippen LogP contribution is -2.03. The van der Waals surface area contributed by atoms with E-state index in [2.05, 4.69) is 6.92 Å². The van der Waals surface area contributed by atoms with Crippen molar-refractivity contribution in [2.24, 2.45) is 0 Å². The zero-order valence-electron chi connectivity index (χ0n) is 13.2. The molecule has 0 bridgehead atoms. The Labute approximate surface area is 125 Å². The van der Waals surface area contributed by atoms with Crippen LogP contribution in [0.3, 0.4) is 0 Å². The summed E-state index contributed by atoms with van der Waals surface area (Å²) in [6, 6.07) is 5.53. The van der Waals surface area contributed by atoms with Gasteiger partial charge in [-0.2, -0.15) is 0 Å². The Bertz CT molecular complexity index is 719. The van der Waals surface area contributed by atoms with Gasteiger partial charge in [0.1, 0.15) is 17.9 Å². The van der Waals surface area contributed by atoms with Crippen molar-refractivity contribution < 1.29 is 9.15 Å². The summed E-state index contributed by atoms with van der Waals surface area (Å²) < 4.78 is 11.2. The monoisotopic (exact) mass is 286 g/mol. The molecule has 0 aliphatic rings. The van der Waals surface area contributed by atoms with Crippen molar-refractivity contribution in [2.75, 3.05) is 6.61 Å². The molecule has 0 aliphatic heterocycles. The molecule has 112 valence electrons. The van der Waals surface area contributed by atoms with Gasteiger partial charge in [0, 0.05) is 17.0 Å². The third kappa shape index (κ3) is 3.54. The molecule has 0 unspecified atom stereocenters. The summed E-state index contributed by atoms with van der Waals surface area (Å²) in [5.41, 5.74) is 3.48. The predicted octanol–water partition coefficient (Wildman–Crippen LogP) is 4.40. The molecule has 0 aliphatic carbocycles. The fourth-order valence-corrected chi connectivity index (χ4v) is 2.34. The lowest BCUT2D eigenvalue weighted by molar-refractivity contribution is 0.359. The Morgan fingerprint density at radius 1 is 1.33 bits per heavy atom. The first-order valence-electron chi connectivity index (χ1n) is 7.35. The Kier molecular flexibility index (Phi) is 4.84. The summed E-state index contributed by atoms with van der Waals surface area (Å²) in [4.78, 5) is 11.7. The van der Waals surface area contributed by atoms with Crippen LogP contribution in [0.25, 0.3) is 11.0 Å². The summed E-state index contributed by atoms with van der Waals surface area (Å²) >= 11 is 0. The minimum absolute atomic E-state index is 0.296. The van der Waals surface area contributed by atoms with E-state index in [1.807, 2.05) is 39.0 Å². The maximum absolute atomic E-state index is 11.7. The largest absolute Gasteiger partial charge is 0.489 e. The molecule has 21 heavy (non-hydrogen) atoms. The van der Waals surface area contributed by atoms with Crippen molar-refractivity contribution in [3.05, 3.63) is 51.4 Å². The highest BCUT2D eigenvalue weighted by Crippen LogP contribution is 2.28. The zero-order chi connectivity index (χ0) is 15.4. The van der Waals surface area contributed by atoms with Crippen molar-refractivity contribution in [3.8, 4) is 5.75 Å². The minimum atomic E-state index is -0.296. The Morgan fingerprint density at radius 3 is 2.76 bits per heavy atom. The third-order valence-corrected chi connectivity index (χ3v) is 3.45. The van der Waals surface area contributed by atoms with E-state index in [1.54, 1.807) is 6.07 Å². The number of benzene rings is 1. The molecular weight excluding hydrogens is 264 g/mol. The molecule has 0 saturated heterocycles. The predicted molar refractivity (Wildman–Crippen MR) is 86.1 cm³/mol. The van der Waals surface area contributed by atoms with Crippen LogP contribution in [-0.2, 0) is 6.42 Å². The molecule has 0 amide bonds. The van der Waals surface area contributed by atoms with E-state index in [1.165, 1.54) is 5.57 Å². The van der Waals surface area contributed by atoms with Gasteiger partial charge in [-0.05, 0) is 51.0 Å². The lowest BCUT2D eigenvalue weighted by atomic mass is 10.0. The van der Waals surface area contributed by atoms with E-state index in [-0.39, 0.29) is 5.63 Å². The normalized spacial score (nSPS) is 10.7. The second-order valence-corrected chi connectivity index (χ2v) is 5.50. The maximum Gasteiger partial charge on any atom is 0.336 e. The molecule has 3 heteroatoms. The Balaban J connectivity index is 2.46. The number of hydrogen-bond donors (Lipinski definition) is 0. The van der Waals surface area contributed by atoms with Crippen molar-refractivity contribution in [3.63, 3.8) is 0 Å². The molecule has 0 saturated carbocycles. The molecule has 1 aromatic carbocycles. The van der Waals surface area contributed by atoms with Gasteiger partial charge in [0.2, 0.25) is 0 Å². The molecule has 2 aromatic rings. The first-order valence-corrected chi connectivity index (χ1v) is 7.35. The molecule has 0 spiro atoms. The van der Waals surface area contributed by atoms with Gasteiger partial charge in [-0.25, -0.2) is 4.79 Å². The van der Waals surface area contributed by atoms with Crippen LogP contribution >= 0.6 is 0 Å². The van der Waals surface area contributed by atoms with Gasteiger partial charge in [-0.1, -0.05) is 18.9 Å². The molecule has 2 rings (SSSR count). The summed E-state index contributed by atoms with van der Waals surface area (Å²) in [5.74, 6) is 0.761. The summed E-state index contributed by atoms with van der Waals surface area (Å²) in [6.45, 7) is 8.62. The average Bonchev–Trinajstić information content (AvgIpc) is 2.42. The number of hydrogen-bond acceptors (Lipinski definition) is 3. The van der Waals surface area contributed by atoms with Crippen molar-refractivity contribution in [1.82, 2.24) is 0 Å². The van der Waals surface area contributed by atoms with E-state index >= 15 is 0 Å². The molecule has 0 fully saturated rings. The SMILES string of the molecule is CCCc1cc(=O)oc2c(C)c(OCC=C(C)C)ccc12. The van der Waals surface area contributed by atoms with Crippen LogP contribution in [0.4, 0.5) is 0 Å². The minimum Gasteiger partial charge on any atom is -0.489 e. The second-order valence-electron chi connectivity index (χ2n) is 5.50. The summed E-state index contributed by atoms with van der Waals surface area (Å²) in [7, 11) is 0. The van der Waals surface area contributed by atoms with E-state index in [4.69, 9.17) is 9.15 Å². The highest BCUT2D eigenvalue weighted by molar-refractivity contribution is 5.84. The van der Waals surface area contributed by atoms with Crippen LogP contribution in [0.2, 0.25) is 0 Å². The van der Waals surface area contributed by atoms with E-state index < -0.39 is 0 Å². The number of fused-ring (bicyclic) bond motifs is 1. The van der Waals surface area contributed by atoms with E-state index in [9.17, 15) is 4.79 Å². The van der Waals surface area contributed by atoms with Crippen LogP contribution in [-0.4, -0.2) is 6.61 Å². The van der Waals surface area contributed by atoms with Gasteiger partial charge >= 0.3 is 5.63 Å². The molecular formula is C18H22O3. The van der Waals surface area contributed by atoms with E-state index in [0.717, 1.165) is 35.1 Å². The topological polar surface area (TPSA) is 39.4 Å². The standard InChI is InChI=1S/C18H22O3/c1-5-6-14-11-17(19)21-18-13(4)16(8-7-15(14)18)20-10-9-12(2)3/h7-9,11H,5-6,10H2,1-4H3. The average molecular weight is 286 g/mol. The summed E-state index contributed by atoms with van der Waals surface area (Å²) in [6.07, 6.45) is 3.89. The van der Waals surface area contributed by atoms with Gasteiger partial charge in [0.15, 0.2) is 0 Å². The smallest absolute Gasteiger partial charge is 0.336 e. The maximum atomic E-state index is 11.7. The first-order chi connectivity index (χ1) is 10.0. The molecule has 3 nitrogen and oxygen atoms in total. The van der Waals surface area contributed by atoms with Crippen molar-refractivity contribution in [1.29, 1.82) is 0 Å². The molecule has 1 heterocycles. The molecule has 0 radical (unpaired) electrons. The molecule has 1 aromatic heterocycles. The Morgan fingerprint density at radius 2 is 2.10 bits per heavy atom. The highest BCUT2D eigenvalue weighted by atomic mass is 16.5. The fraction of sp³-hybridized carbons (Fsp3) is 0.389. The number of rotatable bonds is 5. The van der Waals surface area contributed by atoms with Crippen LogP contribution in [0.5, 0.6) is 5.75 Å². The van der Waals surface area contributed by atoms with Crippen molar-refractivity contribution in [2.45, 2.75) is 40.5 Å². The van der Waals surface area contributed by atoms with Gasteiger partial charge in [-0.15, -0.1) is 0 Å². The first kappa shape index (κ1) is 15.4. The molecule has 0 atom stereocenters. The Hall–Kier alpha value is -2.03. The van der Waals surface area contributed by atoms with Crippen molar-refractivity contribution >= 4 is 11.0 Å². The lowest BCUT2D eigenvalue weighted by Gasteiger charge is -2.11. The number of ether oxygens (including phenoxy) is 1. The van der Waals surface area contributed by atoms with Crippen LogP contribution in [0, 0.1) is 6.92 Å². The van der Waals surface area contributed by atoms with Crippen LogP contribution in [0.15, 0.2) is 39.1 Å². The van der Waals surface area contributed by atoms with Gasteiger partial charge < -0.3 is 9.15 Å². The number of aryl methyl sites for hydroxylation is 2. The van der Waals surface area contributed by atoms with Crippen LogP contribution in [0.1, 0.15) is 38.3 Å². The van der Waals surface area contributed by atoms with Gasteiger partial charge in [-0.3, -0.25) is 0 Å². The fourth-order valence-electron chi connectivity index (χ4n) is 2.34. The van der Waals surface area contributed by atoms with Gasteiger partial charge in [0.05, 0.1) is 0 Å². The third-order valence-electron chi connectivity index (χ3n) is 3.45. The van der Waals surface area contributed by atoms with E-state index in [0.29, 0.717) is 12.2 Å². The van der Waals surface area contributed by atoms with Gasteiger partial charge in [0.25, 0.3) is 0 Å². The molecule has 0 N–H and O–H groups in total. The summed E-state index contributed by atoms with van der Waals surface area (Å²) in [5, 5.41) is 1.00. The zero-order valence-corrected chi connectivity index (χ0v) is 13.2. The van der Waals surface area contributed by atoms with Crippen LogP contribution < -0.4 is 10.4 Å². The quantitative estimate of drug-likeness (QED) is 0.604. The highest BCUT2D eigenvalue weighted by Gasteiger charge is 2.11. The second kappa shape index (κ2) is 6.61.